The van der Waals surface area contributed by atoms with Gasteiger partial charge in [0.25, 0.3) is 0 Å². The number of benzene rings is 1. The third-order valence-electron chi connectivity index (χ3n) is 1.99. The minimum absolute atomic E-state index is 0.0765. The van der Waals surface area contributed by atoms with Crippen molar-refractivity contribution in [2.24, 2.45) is 0 Å². The van der Waals surface area contributed by atoms with E-state index in [4.69, 9.17) is 18.2 Å². The molecule has 0 aliphatic rings. The Labute approximate surface area is 88.3 Å². The van der Waals surface area contributed by atoms with Gasteiger partial charge in [0.2, 0.25) is 5.69 Å². The second kappa shape index (κ2) is 3.59. The fourth-order valence-corrected chi connectivity index (χ4v) is 1.41. The molecule has 0 aliphatic carbocycles. The van der Waals surface area contributed by atoms with Crippen LogP contribution in [0, 0.1) is 12.4 Å². The first kappa shape index (κ1) is 11.0. The van der Waals surface area contributed by atoms with Crippen LogP contribution in [0.5, 0.6) is 0 Å². The molecule has 0 saturated carbocycles. The Balaban J connectivity index is 3.41. The van der Waals surface area contributed by atoms with Crippen LogP contribution in [0.2, 0.25) is 5.02 Å². The molecule has 0 saturated heterocycles. The van der Waals surface area contributed by atoms with Crippen LogP contribution in [-0.4, -0.2) is 0 Å². The number of nitrogens with zero attached hydrogens (tertiary/aromatic N) is 1. The summed E-state index contributed by atoms with van der Waals surface area (Å²) in [7, 11) is 0. The third-order valence-corrected chi connectivity index (χ3v) is 2.35. The lowest BCUT2D eigenvalue weighted by atomic mass is 9.86. The molecular formula is C11H11ClFN. The van der Waals surface area contributed by atoms with Crippen molar-refractivity contribution >= 4 is 17.3 Å². The van der Waals surface area contributed by atoms with Gasteiger partial charge < -0.3 is 0 Å². The Kier molecular flexibility index (Phi) is 2.82. The van der Waals surface area contributed by atoms with Gasteiger partial charge in [-0.05, 0) is 11.0 Å². The van der Waals surface area contributed by atoms with Gasteiger partial charge >= 0.3 is 0 Å². The van der Waals surface area contributed by atoms with E-state index < -0.39 is 5.82 Å². The minimum atomic E-state index is -0.479. The molecule has 0 aliphatic heterocycles. The second-order valence-corrected chi connectivity index (χ2v) is 4.50. The van der Waals surface area contributed by atoms with Gasteiger partial charge in [-0.25, -0.2) is 9.24 Å². The van der Waals surface area contributed by atoms with E-state index in [1.807, 2.05) is 20.8 Å². The first-order chi connectivity index (χ1) is 6.38. The van der Waals surface area contributed by atoms with Crippen LogP contribution in [0.3, 0.4) is 0 Å². The van der Waals surface area contributed by atoms with Gasteiger partial charge in [-0.15, -0.1) is 0 Å². The molecule has 1 aromatic rings. The highest BCUT2D eigenvalue weighted by Gasteiger charge is 2.21. The smallest absolute Gasteiger partial charge is 0.208 e. The largest absolute Gasteiger partial charge is 0.236 e. The molecule has 0 N–H and O–H groups in total. The number of rotatable bonds is 0. The summed E-state index contributed by atoms with van der Waals surface area (Å²) in [6, 6.07) is 3.17. The standard InChI is InChI=1S/C11H11ClFN/c1-11(2,3)7-5-6-8(14-4)9(12)10(7)13/h5-6H,1-3H3. The van der Waals surface area contributed by atoms with Crippen LogP contribution in [0.15, 0.2) is 12.1 Å². The first-order valence-corrected chi connectivity index (χ1v) is 4.61. The molecule has 0 aromatic heterocycles. The fourth-order valence-electron chi connectivity index (χ4n) is 1.20. The van der Waals surface area contributed by atoms with E-state index in [0.717, 1.165) is 0 Å². The molecule has 1 nitrogen and oxygen atoms in total. The van der Waals surface area contributed by atoms with E-state index in [1.165, 1.54) is 0 Å². The molecule has 0 amide bonds. The molecule has 0 heterocycles. The number of hydrogen-bond acceptors (Lipinski definition) is 0. The summed E-state index contributed by atoms with van der Waals surface area (Å²) in [6.07, 6.45) is 0. The van der Waals surface area contributed by atoms with E-state index >= 15 is 0 Å². The van der Waals surface area contributed by atoms with Gasteiger partial charge in [-0.2, -0.15) is 0 Å². The van der Waals surface area contributed by atoms with Gasteiger partial charge in [-0.1, -0.05) is 44.5 Å². The lowest BCUT2D eigenvalue weighted by Crippen LogP contribution is -2.13. The highest BCUT2D eigenvalue weighted by molar-refractivity contribution is 6.33. The van der Waals surface area contributed by atoms with Gasteiger partial charge in [0.15, 0.2) is 0 Å². The van der Waals surface area contributed by atoms with Gasteiger partial charge in [-0.3, -0.25) is 0 Å². The van der Waals surface area contributed by atoms with Crippen LogP contribution >= 0.6 is 11.6 Å². The van der Waals surface area contributed by atoms with Gasteiger partial charge in [0, 0.05) is 0 Å². The summed E-state index contributed by atoms with van der Waals surface area (Å²) in [4.78, 5) is 3.13. The Morgan fingerprint density at radius 3 is 2.36 bits per heavy atom. The predicted octanol–water partition coefficient (Wildman–Crippen LogP) is 4.33. The predicted molar refractivity (Wildman–Crippen MR) is 56.4 cm³/mol. The molecule has 3 heteroatoms. The van der Waals surface area contributed by atoms with E-state index in [9.17, 15) is 4.39 Å². The molecule has 1 rings (SSSR count). The third kappa shape index (κ3) is 1.88. The zero-order valence-corrected chi connectivity index (χ0v) is 9.11. The van der Waals surface area contributed by atoms with Crippen molar-refractivity contribution < 1.29 is 4.39 Å². The van der Waals surface area contributed by atoms with Crippen LogP contribution < -0.4 is 0 Å². The summed E-state index contributed by atoms with van der Waals surface area (Å²) in [5.41, 5.74) is 0.404. The molecule has 0 fully saturated rings. The van der Waals surface area contributed by atoms with Gasteiger partial charge in [0.1, 0.15) is 5.82 Å². The molecule has 0 unspecified atom stereocenters. The molecular weight excluding hydrogens is 201 g/mol. The van der Waals surface area contributed by atoms with Crippen LogP contribution in [0.1, 0.15) is 26.3 Å². The Hall–Kier alpha value is -1.07. The Morgan fingerprint density at radius 2 is 1.93 bits per heavy atom. The molecule has 74 valence electrons. The van der Waals surface area contributed by atoms with E-state index in [2.05, 4.69) is 4.85 Å². The number of hydrogen-bond donors (Lipinski definition) is 0. The summed E-state index contributed by atoms with van der Waals surface area (Å²) in [5, 5.41) is -0.0765. The highest BCUT2D eigenvalue weighted by Crippen LogP contribution is 2.34. The summed E-state index contributed by atoms with van der Waals surface area (Å²) in [6.45, 7) is 12.5. The van der Waals surface area contributed by atoms with Crippen LogP contribution in [-0.2, 0) is 5.41 Å². The monoisotopic (exact) mass is 211 g/mol. The van der Waals surface area contributed by atoms with Crippen LogP contribution in [0.25, 0.3) is 4.85 Å². The van der Waals surface area contributed by atoms with E-state index in [0.29, 0.717) is 5.56 Å². The second-order valence-electron chi connectivity index (χ2n) is 4.12. The molecule has 0 radical (unpaired) electrons. The quantitative estimate of drug-likeness (QED) is 0.563. The van der Waals surface area contributed by atoms with E-state index in [-0.39, 0.29) is 16.1 Å². The highest BCUT2D eigenvalue weighted by atomic mass is 35.5. The normalized spacial score (nSPS) is 11.1. The summed E-state index contributed by atoms with van der Waals surface area (Å²) < 4.78 is 13.7. The molecule has 0 atom stereocenters. The van der Waals surface area contributed by atoms with Crippen molar-refractivity contribution in [2.75, 3.05) is 0 Å². The topological polar surface area (TPSA) is 4.36 Å². The van der Waals surface area contributed by atoms with Crippen LogP contribution in [0.4, 0.5) is 10.1 Å². The van der Waals surface area contributed by atoms with Crippen molar-refractivity contribution in [3.8, 4) is 0 Å². The molecule has 1 aromatic carbocycles. The van der Waals surface area contributed by atoms with Crippen molar-refractivity contribution in [3.05, 3.63) is 40.0 Å². The zero-order chi connectivity index (χ0) is 10.9. The molecule has 0 spiro atoms. The molecule has 14 heavy (non-hydrogen) atoms. The van der Waals surface area contributed by atoms with Crippen molar-refractivity contribution in [3.63, 3.8) is 0 Å². The maximum atomic E-state index is 13.7. The maximum Gasteiger partial charge on any atom is 0.208 e. The first-order valence-electron chi connectivity index (χ1n) is 4.24. The van der Waals surface area contributed by atoms with Crippen molar-refractivity contribution in [1.82, 2.24) is 0 Å². The fraction of sp³-hybridized carbons (Fsp3) is 0.364. The number of halogens is 2. The SMILES string of the molecule is [C-]#[N+]c1ccc(C(C)(C)C)c(F)c1Cl. The Bertz CT molecular complexity index is 399. The van der Waals surface area contributed by atoms with Crippen molar-refractivity contribution in [1.29, 1.82) is 0 Å². The maximum absolute atomic E-state index is 13.7. The molecule has 0 bridgehead atoms. The van der Waals surface area contributed by atoms with Gasteiger partial charge in [0.05, 0.1) is 11.6 Å². The lowest BCUT2D eigenvalue weighted by Gasteiger charge is -2.20. The average molecular weight is 212 g/mol. The van der Waals surface area contributed by atoms with E-state index in [1.54, 1.807) is 12.1 Å². The summed E-state index contributed by atoms with van der Waals surface area (Å²) >= 11 is 5.72. The lowest BCUT2D eigenvalue weighted by molar-refractivity contribution is 0.523. The average Bonchev–Trinajstić information content (AvgIpc) is 2.07. The minimum Gasteiger partial charge on any atom is -0.236 e. The van der Waals surface area contributed by atoms with Crippen molar-refractivity contribution in [2.45, 2.75) is 26.2 Å². The Morgan fingerprint density at radius 1 is 1.36 bits per heavy atom. The zero-order valence-electron chi connectivity index (χ0n) is 8.36. The summed E-state index contributed by atoms with van der Waals surface area (Å²) in [5.74, 6) is -0.479.